The first-order chi connectivity index (χ1) is 8.38. The summed E-state index contributed by atoms with van der Waals surface area (Å²) < 4.78 is 5.62. The lowest BCUT2D eigenvalue weighted by Gasteiger charge is -2.24. The Hall–Kier alpha value is -1.32. The molecule has 0 saturated heterocycles. The minimum Gasteiger partial charge on any atom is -0.477 e. The molecule has 1 aromatic rings. The second kappa shape index (κ2) is 6.42. The quantitative estimate of drug-likeness (QED) is 0.789. The lowest BCUT2D eigenvalue weighted by molar-refractivity contribution is 0.217. The molecule has 1 aromatic heterocycles. The Balaban J connectivity index is 1.74. The Labute approximate surface area is 103 Å². The fourth-order valence-corrected chi connectivity index (χ4v) is 1.87. The normalized spacial score (nSPS) is 15.4. The molecule has 1 aliphatic carbocycles. The van der Waals surface area contributed by atoms with Crippen molar-refractivity contribution in [2.75, 3.05) is 18.5 Å². The number of nitrogens with one attached hydrogen (secondary N) is 1. The van der Waals surface area contributed by atoms with E-state index in [1.807, 2.05) is 0 Å². The van der Waals surface area contributed by atoms with E-state index in [1.165, 1.54) is 19.3 Å². The standard InChI is InChI=1S/C13H21N3O/c1-2-7-15-12-9-14-10-13(16-12)17-8-6-11-4-3-5-11/h9-11H,2-8H2,1H3,(H,15,16). The van der Waals surface area contributed by atoms with E-state index < -0.39 is 0 Å². The maximum absolute atomic E-state index is 5.62. The summed E-state index contributed by atoms with van der Waals surface area (Å²) in [6, 6.07) is 0. The average Bonchev–Trinajstić information content (AvgIpc) is 2.30. The Bertz CT molecular complexity index is 339. The molecule has 0 unspecified atom stereocenters. The fourth-order valence-electron chi connectivity index (χ4n) is 1.87. The van der Waals surface area contributed by atoms with Crippen molar-refractivity contribution in [3.8, 4) is 5.88 Å². The average molecular weight is 235 g/mol. The van der Waals surface area contributed by atoms with Gasteiger partial charge in [0, 0.05) is 6.54 Å². The van der Waals surface area contributed by atoms with Crippen LogP contribution < -0.4 is 10.1 Å². The largest absolute Gasteiger partial charge is 0.477 e. The van der Waals surface area contributed by atoms with Crippen molar-refractivity contribution in [2.45, 2.75) is 39.0 Å². The van der Waals surface area contributed by atoms with Gasteiger partial charge in [0.2, 0.25) is 5.88 Å². The van der Waals surface area contributed by atoms with E-state index in [0.29, 0.717) is 5.88 Å². The number of anilines is 1. The molecule has 0 aliphatic heterocycles. The summed E-state index contributed by atoms with van der Waals surface area (Å²) in [6.07, 6.45) is 9.76. The zero-order valence-corrected chi connectivity index (χ0v) is 10.5. The number of ether oxygens (including phenoxy) is 1. The molecule has 1 saturated carbocycles. The Morgan fingerprint density at radius 3 is 3.00 bits per heavy atom. The molecule has 17 heavy (non-hydrogen) atoms. The third-order valence-electron chi connectivity index (χ3n) is 3.17. The molecule has 0 spiro atoms. The lowest BCUT2D eigenvalue weighted by Crippen LogP contribution is -2.15. The molecule has 0 atom stereocenters. The third kappa shape index (κ3) is 3.88. The van der Waals surface area contributed by atoms with Crippen LogP contribution in [0.1, 0.15) is 39.0 Å². The second-order valence-corrected chi connectivity index (χ2v) is 4.60. The Morgan fingerprint density at radius 1 is 1.41 bits per heavy atom. The molecular weight excluding hydrogens is 214 g/mol. The van der Waals surface area contributed by atoms with Crippen LogP contribution in [-0.2, 0) is 0 Å². The lowest BCUT2D eigenvalue weighted by atomic mass is 9.83. The molecular formula is C13H21N3O. The van der Waals surface area contributed by atoms with Crippen LogP contribution in [0.4, 0.5) is 5.82 Å². The summed E-state index contributed by atoms with van der Waals surface area (Å²) in [4.78, 5) is 8.47. The van der Waals surface area contributed by atoms with E-state index in [4.69, 9.17) is 4.74 Å². The minimum atomic E-state index is 0.630. The highest BCUT2D eigenvalue weighted by atomic mass is 16.5. The van der Waals surface area contributed by atoms with Crippen LogP contribution in [0.3, 0.4) is 0 Å². The first kappa shape index (κ1) is 12.1. The van der Waals surface area contributed by atoms with Gasteiger partial charge in [-0.3, -0.25) is 4.98 Å². The molecule has 0 bridgehead atoms. The van der Waals surface area contributed by atoms with E-state index in [9.17, 15) is 0 Å². The van der Waals surface area contributed by atoms with Gasteiger partial charge in [-0.25, -0.2) is 0 Å². The molecule has 0 amide bonds. The molecule has 4 nitrogen and oxygen atoms in total. The first-order valence-corrected chi connectivity index (χ1v) is 6.57. The first-order valence-electron chi connectivity index (χ1n) is 6.57. The monoisotopic (exact) mass is 235 g/mol. The van der Waals surface area contributed by atoms with Gasteiger partial charge in [-0.15, -0.1) is 0 Å². The number of aromatic nitrogens is 2. The molecule has 1 fully saturated rings. The maximum atomic E-state index is 5.62. The SMILES string of the molecule is CCCNc1cncc(OCCC2CCC2)n1. The van der Waals surface area contributed by atoms with Crippen LogP contribution in [-0.4, -0.2) is 23.1 Å². The van der Waals surface area contributed by atoms with E-state index in [2.05, 4.69) is 22.2 Å². The van der Waals surface area contributed by atoms with Crippen LogP contribution in [0.15, 0.2) is 12.4 Å². The fraction of sp³-hybridized carbons (Fsp3) is 0.692. The van der Waals surface area contributed by atoms with Crippen molar-refractivity contribution < 1.29 is 4.74 Å². The van der Waals surface area contributed by atoms with E-state index >= 15 is 0 Å². The molecule has 1 N–H and O–H groups in total. The van der Waals surface area contributed by atoms with Crippen molar-refractivity contribution in [1.82, 2.24) is 9.97 Å². The van der Waals surface area contributed by atoms with E-state index in [-0.39, 0.29) is 0 Å². The van der Waals surface area contributed by atoms with Gasteiger partial charge in [0.15, 0.2) is 0 Å². The highest BCUT2D eigenvalue weighted by molar-refractivity contribution is 5.32. The molecule has 1 aliphatic rings. The van der Waals surface area contributed by atoms with Crippen LogP contribution in [0.25, 0.3) is 0 Å². The van der Waals surface area contributed by atoms with E-state index in [1.54, 1.807) is 12.4 Å². The number of rotatable bonds is 7. The predicted molar refractivity (Wildman–Crippen MR) is 68.3 cm³/mol. The van der Waals surface area contributed by atoms with Gasteiger partial charge in [-0.1, -0.05) is 26.2 Å². The smallest absolute Gasteiger partial charge is 0.234 e. The van der Waals surface area contributed by atoms with Crippen LogP contribution in [0.2, 0.25) is 0 Å². The minimum absolute atomic E-state index is 0.630. The Kier molecular flexibility index (Phi) is 4.59. The zero-order valence-electron chi connectivity index (χ0n) is 10.5. The third-order valence-corrected chi connectivity index (χ3v) is 3.17. The van der Waals surface area contributed by atoms with Crippen molar-refractivity contribution in [2.24, 2.45) is 5.92 Å². The number of hydrogen-bond donors (Lipinski definition) is 1. The molecule has 4 heteroatoms. The van der Waals surface area contributed by atoms with Crippen molar-refractivity contribution in [3.63, 3.8) is 0 Å². The molecule has 94 valence electrons. The van der Waals surface area contributed by atoms with Gasteiger partial charge in [0.05, 0.1) is 19.0 Å². The molecule has 1 heterocycles. The summed E-state index contributed by atoms with van der Waals surface area (Å²) in [6.45, 7) is 3.80. The second-order valence-electron chi connectivity index (χ2n) is 4.60. The van der Waals surface area contributed by atoms with Crippen LogP contribution in [0, 0.1) is 5.92 Å². The highest BCUT2D eigenvalue weighted by Gasteiger charge is 2.16. The van der Waals surface area contributed by atoms with Gasteiger partial charge in [0.25, 0.3) is 0 Å². The van der Waals surface area contributed by atoms with Crippen LogP contribution in [0.5, 0.6) is 5.88 Å². The maximum Gasteiger partial charge on any atom is 0.234 e. The summed E-state index contributed by atoms with van der Waals surface area (Å²) in [7, 11) is 0. The van der Waals surface area contributed by atoms with Gasteiger partial charge < -0.3 is 10.1 Å². The highest BCUT2D eigenvalue weighted by Crippen LogP contribution is 2.29. The van der Waals surface area contributed by atoms with Gasteiger partial charge >= 0.3 is 0 Å². The summed E-state index contributed by atoms with van der Waals surface area (Å²) in [5.74, 6) is 2.31. The summed E-state index contributed by atoms with van der Waals surface area (Å²) >= 11 is 0. The van der Waals surface area contributed by atoms with Crippen LogP contribution >= 0.6 is 0 Å². The topological polar surface area (TPSA) is 47.0 Å². The van der Waals surface area contributed by atoms with Gasteiger partial charge in [-0.05, 0) is 18.8 Å². The van der Waals surface area contributed by atoms with Crippen molar-refractivity contribution >= 4 is 5.82 Å². The molecule has 0 radical (unpaired) electrons. The predicted octanol–water partition coefficient (Wildman–Crippen LogP) is 2.87. The van der Waals surface area contributed by atoms with E-state index in [0.717, 1.165) is 37.7 Å². The van der Waals surface area contributed by atoms with Gasteiger partial charge in [0.1, 0.15) is 5.82 Å². The summed E-state index contributed by atoms with van der Waals surface area (Å²) in [5, 5.41) is 3.20. The summed E-state index contributed by atoms with van der Waals surface area (Å²) in [5.41, 5.74) is 0. The Morgan fingerprint density at radius 2 is 2.29 bits per heavy atom. The van der Waals surface area contributed by atoms with Crippen molar-refractivity contribution in [3.05, 3.63) is 12.4 Å². The molecule has 0 aromatic carbocycles. The number of nitrogens with zero attached hydrogens (tertiary/aromatic N) is 2. The van der Waals surface area contributed by atoms with Crippen molar-refractivity contribution in [1.29, 1.82) is 0 Å². The molecule has 2 rings (SSSR count). The van der Waals surface area contributed by atoms with Gasteiger partial charge in [-0.2, -0.15) is 4.98 Å². The number of hydrogen-bond acceptors (Lipinski definition) is 4. The zero-order chi connectivity index (χ0) is 11.9.